The van der Waals surface area contributed by atoms with E-state index in [9.17, 15) is 9.59 Å². The number of rotatable bonds is 4. The summed E-state index contributed by atoms with van der Waals surface area (Å²) < 4.78 is 1.54. The van der Waals surface area contributed by atoms with Crippen LogP contribution in [0, 0.1) is 13.8 Å². The highest BCUT2D eigenvalue weighted by Gasteiger charge is 2.14. The van der Waals surface area contributed by atoms with Gasteiger partial charge in [0.05, 0.1) is 6.54 Å². The summed E-state index contributed by atoms with van der Waals surface area (Å²) in [5, 5.41) is 3.33. The summed E-state index contributed by atoms with van der Waals surface area (Å²) in [6.07, 6.45) is 1.69. The van der Waals surface area contributed by atoms with Crippen LogP contribution in [-0.4, -0.2) is 10.5 Å². The molecular weight excluding hydrogens is 348 g/mol. The molecule has 1 heterocycles. The van der Waals surface area contributed by atoms with Crippen LogP contribution in [0.2, 0.25) is 5.02 Å². The summed E-state index contributed by atoms with van der Waals surface area (Å²) >= 11 is 6.09. The van der Waals surface area contributed by atoms with Gasteiger partial charge in [0.1, 0.15) is 5.56 Å². The van der Waals surface area contributed by atoms with Crippen molar-refractivity contribution >= 4 is 23.2 Å². The van der Waals surface area contributed by atoms with Crippen LogP contribution in [0.4, 0.5) is 5.69 Å². The van der Waals surface area contributed by atoms with E-state index >= 15 is 0 Å². The molecular formula is C21H19ClN2O2. The molecule has 0 radical (unpaired) electrons. The molecule has 0 aliphatic carbocycles. The fourth-order valence-corrected chi connectivity index (χ4v) is 2.95. The molecule has 3 aromatic rings. The van der Waals surface area contributed by atoms with Crippen LogP contribution >= 0.6 is 11.6 Å². The molecule has 1 N–H and O–H groups in total. The predicted molar refractivity (Wildman–Crippen MR) is 105 cm³/mol. The highest BCUT2D eigenvalue weighted by molar-refractivity contribution is 6.31. The average Bonchev–Trinajstić information content (AvgIpc) is 2.61. The normalized spacial score (nSPS) is 10.6. The molecule has 0 aliphatic heterocycles. The van der Waals surface area contributed by atoms with E-state index in [4.69, 9.17) is 11.6 Å². The van der Waals surface area contributed by atoms with Crippen molar-refractivity contribution in [3.63, 3.8) is 0 Å². The highest BCUT2D eigenvalue weighted by Crippen LogP contribution is 2.23. The van der Waals surface area contributed by atoms with Crippen molar-refractivity contribution in [2.24, 2.45) is 0 Å². The van der Waals surface area contributed by atoms with E-state index in [1.165, 1.54) is 10.6 Å². The molecule has 0 saturated heterocycles. The van der Waals surface area contributed by atoms with Crippen LogP contribution < -0.4 is 10.9 Å². The van der Waals surface area contributed by atoms with Gasteiger partial charge < -0.3 is 9.88 Å². The Labute approximate surface area is 157 Å². The highest BCUT2D eigenvalue weighted by atomic mass is 35.5. The quantitative estimate of drug-likeness (QED) is 0.743. The van der Waals surface area contributed by atoms with Gasteiger partial charge in [-0.2, -0.15) is 0 Å². The van der Waals surface area contributed by atoms with Crippen LogP contribution in [-0.2, 0) is 6.54 Å². The summed E-state index contributed by atoms with van der Waals surface area (Å²) in [5.74, 6) is -0.445. The minimum Gasteiger partial charge on any atom is -0.322 e. The van der Waals surface area contributed by atoms with Crippen LogP contribution in [0.1, 0.15) is 27.0 Å². The summed E-state index contributed by atoms with van der Waals surface area (Å²) in [5.41, 5.74) is 3.26. The van der Waals surface area contributed by atoms with Crippen LogP contribution in [0.3, 0.4) is 0 Å². The Morgan fingerprint density at radius 2 is 1.85 bits per heavy atom. The molecule has 1 amide bonds. The first kappa shape index (κ1) is 18.0. The summed E-state index contributed by atoms with van der Waals surface area (Å²) in [7, 11) is 0. The van der Waals surface area contributed by atoms with Crippen molar-refractivity contribution in [1.82, 2.24) is 4.57 Å². The van der Waals surface area contributed by atoms with Crippen molar-refractivity contribution in [1.29, 1.82) is 0 Å². The summed E-state index contributed by atoms with van der Waals surface area (Å²) in [6.45, 7) is 4.24. The second-order valence-corrected chi connectivity index (χ2v) is 6.62. The van der Waals surface area contributed by atoms with Crippen LogP contribution in [0.15, 0.2) is 65.6 Å². The molecule has 0 atom stereocenters. The Bertz CT molecular complexity index is 1020. The SMILES string of the molecule is Cc1cccc(Cn2cccc(C(=O)Nc3cccc(Cl)c3C)c2=O)c1. The van der Waals surface area contributed by atoms with Gasteiger partial charge in [-0.25, -0.2) is 0 Å². The molecule has 4 nitrogen and oxygen atoms in total. The molecule has 0 spiro atoms. The number of hydrogen-bond donors (Lipinski definition) is 1. The Balaban J connectivity index is 1.88. The third kappa shape index (κ3) is 3.86. The number of amides is 1. The van der Waals surface area contributed by atoms with Crippen molar-refractivity contribution in [2.45, 2.75) is 20.4 Å². The van der Waals surface area contributed by atoms with Gasteiger partial charge in [-0.1, -0.05) is 47.5 Å². The Hall–Kier alpha value is -2.85. The van der Waals surface area contributed by atoms with Gasteiger partial charge in [0.25, 0.3) is 11.5 Å². The van der Waals surface area contributed by atoms with Gasteiger partial charge in [0.2, 0.25) is 0 Å². The number of benzene rings is 2. The zero-order valence-corrected chi connectivity index (χ0v) is 15.4. The fourth-order valence-electron chi connectivity index (χ4n) is 2.77. The Morgan fingerprint density at radius 1 is 1.08 bits per heavy atom. The van der Waals surface area contributed by atoms with E-state index in [1.807, 2.05) is 38.1 Å². The summed E-state index contributed by atoms with van der Waals surface area (Å²) in [6, 6.07) is 16.4. The third-order valence-electron chi connectivity index (χ3n) is 4.22. The molecule has 0 bridgehead atoms. The molecule has 0 unspecified atom stereocenters. The molecule has 26 heavy (non-hydrogen) atoms. The van der Waals surface area contributed by atoms with Gasteiger partial charge >= 0.3 is 0 Å². The van der Waals surface area contributed by atoms with Gasteiger partial charge in [-0.15, -0.1) is 0 Å². The first-order chi connectivity index (χ1) is 12.5. The van der Waals surface area contributed by atoms with Crippen molar-refractivity contribution in [3.8, 4) is 0 Å². The summed E-state index contributed by atoms with van der Waals surface area (Å²) in [4.78, 5) is 25.3. The lowest BCUT2D eigenvalue weighted by molar-refractivity contribution is 0.102. The zero-order valence-electron chi connectivity index (χ0n) is 14.6. The molecule has 132 valence electrons. The van der Waals surface area contributed by atoms with E-state index in [2.05, 4.69) is 5.32 Å². The lowest BCUT2D eigenvalue weighted by Gasteiger charge is -2.11. The molecule has 5 heteroatoms. The van der Waals surface area contributed by atoms with Crippen LogP contribution in [0.5, 0.6) is 0 Å². The van der Waals surface area contributed by atoms with E-state index in [-0.39, 0.29) is 11.1 Å². The van der Waals surface area contributed by atoms with E-state index in [1.54, 1.807) is 30.5 Å². The number of nitrogens with one attached hydrogen (secondary N) is 1. The number of pyridine rings is 1. The predicted octanol–water partition coefficient (Wildman–Crippen LogP) is 4.42. The molecule has 0 fully saturated rings. The third-order valence-corrected chi connectivity index (χ3v) is 4.63. The maximum atomic E-state index is 12.7. The first-order valence-electron chi connectivity index (χ1n) is 8.27. The number of halogens is 1. The number of carbonyl (C=O) groups excluding carboxylic acids is 1. The lowest BCUT2D eigenvalue weighted by Crippen LogP contribution is -2.29. The average molecular weight is 367 g/mol. The van der Waals surface area contributed by atoms with Crippen LogP contribution in [0.25, 0.3) is 0 Å². The molecule has 0 saturated carbocycles. The number of aryl methyl sites for hydroxylation is 1. The second kappa shape index (κ2) is 7.58. The minimum absolute atomic E-state index is 0.0968. The number of carbonyl (C=O) groups is 1. The molecule has 0 aliphatic rings. The number of hydrogen-bond acceptors (Lipinski definition) is 2. The Kier molecular flexibility index (Phi) is 5.24. The van der Waals surface area contributed by atoms with E-state index in [0.29, 0.717) is 17.3 Å². The molecule has 1 aromatic heterocycles. The number of nitrogens with zero attached hydrogens (tertiary/aromatic N) is 1. The fraction of sp³-hybridized carbons (Fsp3) is 0.143. The van der Waals surface area contributed by atoms with Gasteiger partial charge in [-0.05, 0) is 49.2 Å². The zero-order chi connectivity index (χ0) is 18.7. The standard InChI is InChI=1S/C21H19ClN2O2/c1-14-6-3-7-16(12-14)13-24-11-5-8-17(21(24)26)20(25)23-19-10-4-9-18(22)15(19)2/h3-12H,13H2,1-2H3,(H,23,25). The molecule has 2 aromatic carbocycles. The first-order valence-corrected chi connectivity index (χ1v) is 8.65. The van der Waals surface area contributed by atoms with Crippen molar-refractivity contribution in [2.75, 3.05) is 5.32 Å². The number of anilines is 1. The van der Waals surface area contributed by atoms with E-state index in [0.717, 1.165) is 16.7 Å². The number of aromatic nitrogens is 1. The van der Waals surface area contributed by atoms with Crippen molar-refractivity contribution in [3.05, 3.63) is 98.4 Å². The van der Waals surface area contributed by atoms with E-state index < -0.39 is 5.91 Å². The maximum Gasteiger partial charge on any atom is 0.263 e. The second-order valence-electron chi connectivity index (χ2n) is 6.21. The maximum absolute atomic E-state index is 12.7. The van der Waals surface area contributed by atoms with Gasteiger partial charge in [0.15, 0.2) is 0 Å². The monoisotopic (exact) mass is 366 g/mol. The largest absolute Gasteiger partial charge is 0.322 e. The lowest BCUT2D eigenvalue weighted by atomic mass is 10.1. The molecule has 3 rings (SSSR count). The Morgan fingerprint density at radius 3 is 2.62 bits per heavy atom. The van der Waals surface area contributed by atoms with Gasteiger partial charge in [0, 0.05) is 16.9 Å². The smallest absolute Gasteiger partial charge is 0.263 e. The van der Waals surface area contributed by atoms with Gasteiger partial charge in [-0.3, -0.25) is 9.59 Å². The van der Waals surface area contributed by atoms with Crippen molar-refractivity contribution < 1.29 is 4.79 Å². The topological polar surface area (TPSA) is 51.1 Å². The minimum atomic E-state index is -0.445.